The van der Waals surface area contributed by atoms with Gasteiger partial charge in [-0.1, -0.05) is 12.2 Å². The Kier molecular flexibility index (Phi) is 3.07. The third kappa shape index (κ3) is 2.52. The molecule has 4 heteroatoms. The highest BCUT2D eigenvalue weighted by Crippen LogP contribution is 2.23. The van der Waals surface area contributed by atoms with Gasteiger partial charge in [-0.05, 0) is 43.0 Å². The van der Waals surface area contributed by atoms with Crippen LogP contribution in [0, 0.1) is 0 Å². The summed E-state index contributed by atoms with van der Waals surface area (Å²) in [6, 6.07) is 5.69. The van der Waals surface area contributed by atoms with Crippen molar-refractivity contribution in [2.45, 2.75) is 31.7 Å². The monoisotopic (exact) mass is 256 g/mol. The van der Waals surface area contributed by atoms with Gasteiger partial charge in [0.2, 0.25) is 5.91 Å². The molecule has 2 N–H and O–H groups in total. The maximum Gasteiger partial charge on any atom is 0.251 e. The number of rotatable bonds is 2. The largest absolute Gasteiger partial charge is 0.349 e. The molecule has 2 aliphatic rings. The number of hydrogen-bond acceptors (Lipinski definition) is 2. The smallest absolute Gasteiger partial charge is 0.251 e. The maximum atomic E-state index is 12.1. The second-order valence-electron chi connectivity index (χ2n) is 5.03. The quantitative estimate of drug-likeness (QED) is 0.795. The minimum absolute atomic E-state index is 0.0339. The van der Waals surface area contributed by atoms with Gasteiger partial charge in [0, 0.05) is 23.7 Å². The normalized spacial score (nSPS) is 18.0. The molecule has 0 unspecified atom stereocenters. The first-order valence-corrected chi connectivity index (χ1v) is 6.61. The average Bonchev–Trinajstić information content (AvgIpc) is 2.91. The van der Waals surface area contributed by atoms with Crippen LogP contribution in [0.25, 0.3) is 0 Å². The summed E-state index contributed by atoms with van der Waals surface area (Å²) in [4.78, 5) is 23.4. The molecule has 0 saturated carbocycles. The number of nitrogens with one attached hydrogen (secondary N) is 2. The Hall–Kier alpha value is -2.10. The average molecular weight is 256 g/mol. The van der Waals surface area contributed by atoms with Crippen LogP contribution in [0.1, 0.15) is 35.2 Å². The lowest BCUT2D eigenvalue weighted by molar-refractivity contribution is -0.116. The van der Waals surface area contributed by atoms with Crippen LogP contribution < -0.4 is 10.6 Å². The van der Waals surface area contributed by atoms with Crippen LogP contribution in [0.5, 0.6) is 0 Å². The molecule has 0 atom stereocenters. The van der Waals surface area contributed by atoms with Crippen LogP contribution in [-0.4, -0.2) is 17.9 Å². The molecule has 3 rings (SSSR count). The molecule has 1 aromatic carbocycles. The molecule has 0 bridgehead atoms. The number of fused-ring (bicyclic) bond motifs is 1. The molecular formula is C15H16N2O2. The summed E-state index contributed by atoms with van der Waals surface area (Å²) in [7, 11) is 0. The van der Waals surface area contributed by atoms with Gasteiger partial charge in [0.1, 0.15) is 0 Å². The van der Waals surface area contributed by atoms with Crippen molar-refractivity contribution in [3.63, 3.8) is 0 Å². The van der Waals surface area contributed by atoms with Crippen molar-refractivity contribution in [1.82, 2.24) is 5.32 Å². The molecule has 98 valence electrons. The zero-order valence-electron chi connectivity index (χ0n) is 10.6. The molecule has 1 aliphatic carbocycles. The Bertz CT molecular complexity index is 555. The van der Waals surface area contributed by atoms with Crippen LogP contribution in [0.3, 0.4) is 0 Å². The first kappa shape index (κ1) is 12.0. The predicted molar refractivity (Wildman–Crippen MR) is 73.0 cm³/mol. The molecule has 0 saturated heterocycles. The van der Waals surface area contributed by atoms with E-state index in [2.05, 4.69) is 22.8 Å². The summed E-state index contributed by atoms with van der Waals surface area (Å²) in [5.41, 5.74) is 2.54. The van der Waals surface area contributed by atoms with Gasteiger partial charge in [-0.2, -0.15) is 0 Å². The molecule has 0 radical (unpaired) electrons. The fourth-order valence-corrected chi connectivity index (χ4v) is 2.53. The van der Waals surface area contributed by atoms with Crippen molar-refractivity contribution in [1.29, 1.82) is 0 Å². The number of amides is 2. The Labute approximate surface area is 111 Å². The van der Waals surface area contributed by atoms with Crippen molar-refractivity contribution in [2.75, 3.05) is 5.32 Å². The number of carbonyl (C=O) groups excluding carboxylic acids is 2. The highest BCUT2D eigenvalue weighted by Gasteiger charge is 2.18. The number of anilines is 1. The first-order chi connectivity index (χ1) is 9.22. The summed E-state index contributed by atoms with van der Waals surface area (Å²) < 4.78 is 0. The molecule has 2 amide bonds. The number of aryl methyl sites for hydroxylation is 1. The second kappa shape index (κ2) is 4.88. The molecule has 0 aromatic heterocycles. The van der Waals surface area contributed by atoms with E-state index in [0.29, 0.717) is 18.4 Å². The predicted octanol–water partition coefficient (Wildman–Crippen LogP) is 2.02. The maximum absolute atomic E-state index is 12.1. The molecule has 19 heavy (non-hydrogen) atoms. The van der Waals surface area contributed by atoms with E-state index in [4.69, 9.17) is 0 Å². The summed E-state index contributed by atoms with van der Waals surface area (Å²) in [6.07, 6.45) is 7.19. The van der Waals surface area contributed by atoms with Gasteiger partial charge >= 0.3 is 0 Å². The second-order valence-corrected chi connectivity index (χ2v) is 5.03. The lowest BCUT2D eigenvalue weighted by Crippen LogP contribution is -2.33. The van der Waals surface area contributed by atoms with Gasteiger partial charge in [-0.15, -0.1) is 0 Å². The third-order valence-electron chi connectivity index (χ3n) is 3.61. The Morgan fingerprint density at radius 2 is 2.00 bits per heavy atom. The summed E-state index contributed by atoms with van der Waals surface area (Å²) in [5.74, 6) is 0.00938. The number of benzene rings is 1. The highest BCUT2D eigenvalue weighted by atomic mass is 16.2. The lowest BCUT2D eigenvalue weighted by atomic mass is 10.00. The van der Waals surface area contributed by atoms with Gasteiger partial charge < -0.3 is 10.6 Å². The lowest BCUT2D eigenvalue weighted by Gasteiger charge is -2.18. The van der Waals surface area contributed by atoms with Crippen LogP contribution in [0.4, 0.5) is 5.69 Å². The molecule has 1 aromatic rings. The molecule has 4 nitrogen and oxygen atoms in total. The van der Waals surface area contributed by atoms with E-state index in [1.165, 1.54) is 0 Å². The Morgan fingerprint density at radius 1 is 1.21 bits per heavy atom. The topological polar surface area (TPSA) is 58.2 Å². The Morgan fingerprint density at radius 3 is 2.79 bits per heavy atom. The standard InChI is InChI=1S/C15H16N2O2/c18-14-8-6-10-9-11(5-7-13(10)17-14)15(19)16-12-3-1-2-4-12/h1-2,5,7,9,12H,3-4,6,8H2,(H,16,19)(H,17,18). The van der Waals surface area contributed by atoms with Crippen molar-refractivity contribution in [3.05, 3.63) is 41.5 Å². The van der Waals surface area contributed by atoms with Gasteiger partial charge in [-0.25, -0.2) is 0 Å². The minimum atomic E-state index is -0.0339. The molecular weight excluding hydrogens is 240 g/mol. The minimum Gasteiger partial charge on any atom is -0.349 e. The van der Waals surface area contributed by atoms with Crippen molar-refractivity contribution >= 4 is 17.5 Å². The van der Waals surface area contributed by atoms with Gasteiger partial charge in [0.15, 0.2) is 0 Å². The van der Waals surface area contributed by atoms with E-state index < -0.39 is 0 Å². The van der Waals surface area contributed by atoms with Crippen LogP contribution in [0.15, 0.2) is 30.4 Å². The summed E-state index contributed by atoms with van der Waals surface area (Å²) >= 11 is 0. The van der Waals surface area contributed by atoms with Gasteiger partial charge in [-0.3, -0.25) is 9.59 Å². The zero-order chi connectivity index (χ0) is 13.2. The molecule has 0 fully saturated rings. The van der Waals surface area contributed by atoms with E-state index in [9.17, 15) is 9.59 Å². The van der Waals surface area contributed by atoms with Crippen molar-refractivity contribution in [3.8, 4) is 0 Å². The molecule has 0 spiro atoms. The van der Waals surface area contributed by atoms with Crippen molar-refractivity contribution in [2.24, 2.45) is 0 Å². The first-order valence-electron chi connectivity index (χ1n) is 6.61. The van der Waals surface area contributed by atoms with Gasteiger partial charge in [0.05, 0.1) is 0 Å². The summed E-state index contributed by atoms with van der Waals surface area (Å²) in [5, 5.41) is 5.84. The highest BCUT2D eigenvalue weighted by molar-refractivity contribution is 5.98. The third-order valence-corrected chi connectivity index (χ3v) is 3.61. The van der Waals surface area contributed by atoms with E-state index in [1.807, 2.05) is 12.1 Å². The molecule has 1 aliphatic heterocycles. The van der Waals surface area contributed by atoms with Crippen LogP contribution in [-0.2, 0) is 11.2 Å². The van der Waals surface area contributed by atoms with E-state index in [-0.39, 0.29) is 17.9 Å². The van der Waals surface area contributed by atoms with Crippen LogP contribution in [0.2, 0.25) is 0 Å². The fourth-order valence-electron chi connectivity index (χ4n) is 2.53. The SMILES string of the molecule is O=C1CCc2cc(C(=O)NC3CC=CC3)ccc2N1. The van der Waals surface area contributed by atoms with Gasteiger partial charge in [0.25, 0.3) is 5.91 Å². The van der Waals surface area contributed by atoms with E-state index in [1.54, 1.807) is 6.07 Å². The number of hydrogen-bond donors (Lipinski definition) is 2. The van der Waals surface area contributed by atoms with E-state index in [0.717, 1.165) is 24.1 Å². The van der Waals surface area contributed by atoms with E-state index >= 15 is 0 Å². The van der Waals surface area contributed by atoms with Crippen LogP contribution >= 0.6 is 0 Å². The Balaban J connectivity index is 1.74. The number of carbonyl (C=O) groups is 2. The summed E-state index contributed by atoms with van der Waals surface area (Å²) in [6.45, 7) is 0. The zero-order valence-corrected chi connectivity index (χ0v) is 10.6. The fraction of sp³-hybridized carbons (Fsp3) is 0.333. The van der Waals surface area contributed by atoms with Crippen molar-refractivity contribution < 1.29 is 9.59 Å². The molecule has 1 heterocycles.